The standard InChI is InChI=1S/C19H26N6O4S/c26-19(14-1-2-14)22-17-13-16(15-3-4-20-18(15)21-17)23-5-7-24(8-6-23)30(27,28)25-9-11-29-12-10-25/h3-4,13-14H,1-2,5-12H2,(H2,20,21,22,26). The highest BCUT2D eigenvalue weighted by atomic mass is 32.2. The van der Waals surface area contributed by atoms with Crippen LogP contribution in [-0.4, -0.2) is 85.4 Å². The number of morpholine rings is 1. The average molecular weight is 435 g/mol. The first-order chi connectivity index (χ1) is 14.5. The van der Waals surface area contributed by atoms with Crippen LogP contribution < -0.4 is 10.2 Å². The second-order valence-electron chi connectivity index (χ2n) is 7.94. The zero-order chi connectivity index (χ0) is 20.7. The van der Waals surface area contributed by atoms with Gasteiger partial charge in [0.05, 0.1) is 18.9 Å². The Balaban J connectivity index is 1.33. The number of nitrogens with zero attached hydrogens (tertiary/aromatic N) is 4. The maximum atomic E-state index is 12.9. The van der Waals surface area contributed by atoms with Crippen LogP contribution in [0.1, 0.15) is 12.8 Å². The maximum Gasteiger partial charge on any atom is 0.282 e. The third kappa shape index (κ3) is 3.78. The monoisotopic (exact) mass is 434 g/mol. The number of rotatable bonds is 5. The number of ether oxygens (including phenoxy) is 1. The van der Waals surface area contributed by atoms with Crippen molar-refractivity contribution >= 4 is 38.7 Å². The molecule has 0 aromatic carbocycles. The molecule has 30 heavy (non-hydrogen) atoms. The number of fused-ring (bicyclic) bond motifs is 1. The van der Waals surface area contributed by atoms with Gasteiger partial charge >= 0.3 is 0 Å². The van der Waals surface area contributed by atoms with Crippen molar-refractivity contribution < 1.29 is 17.9 Å². The van der Waals surface area contributed by atoms with Gasteiger partial charge in [-0.25, -0.2) is 4.98 Å². The van der Waals surface area contributed by atoms with Crippen LogP contribution in [0.4, 0.5) is 11.5 Å². The fourth-order valence-corrected chi connectivity index (χ4v) is 5.58. The number of carbonyl (C=O) groups excluding carboxylic acids is 1. The predicted molar refractivity (Wildman–Crippen MR) is 113 cm³/mol. The second-order valence-corrected chi connectivity index (χ2v) is 9.86. The lowest BCUT2D eigenvalue weighted by atomic mass is 10.2. The number of aromatic amines is 1. The van der Waals surface area contributed by atoms with Crippen molar-refractivity contribution in [1.82, 2.24) is 18.6 Å². The number of hydrogen-bond donors (Lipinski definition) is 2. The van der Waals surface area contributed by atoms with E-state index < -0.39 is 10.2 Å². The van der Waals surface area contributed by atoms with Gasteiger partial charge in [0.1, 0.15) is 11.5 Å². The molecule has 11 heteroatoms. The van der Waals surface area contributed by atoms with E-state index in [1.165, 1.54) is 4.31 Å². The number of hydrogen-bond acceptors (Lipinski definition) is 6. The van der Waals surface area contributed by atoms with E-state index in [0.717, 1.165) is 23.9 Å². The van der Waals surface area contributed by atoms with Gasteiger partial charge in [0.25, 0.3) is 10.2 Å². The van der Waals surface area contributed by atoms with Gasteiger partial charge in [-0.2, -0.15) is 17.0 Å². The molecular weight excluding hydrogens is 408 g/mol. The Morgan fingerprint density at radius 2 is 1.80 bits per heavy atom. The number of anilines is 2. The summed E-state index contributed by atoms with van der Waals surface area (Å²) in [4.78, 5) is 22.0. The molecule has 2 N–H and O–H groups in total. The fourth-order valence-electron chi connectivity index (χ4n) is 4.02. The van der Waals surface area contributed by atoms with Crippen molar-refractivity contribution in [1.29, 1.82) is 0 Å². The maximum absolute atomic E-state index is 12.9. The van der Waals surface area contributed by atoms with Crippen molar-refractivity contribution in [2.24, 2.45) is 5.92 Å². The van der Waals surface area contributed by atoms with Gasteiger partial charge in [-0.3, -0.25) is 4.79 Å². The summed E-state index contributed by atoms with van der Waals surface area (Å²) in [5, 5.41) is 3.88. The van der Waals surface area contributed by atoms with E-state index in [2.05, 4.69) is 20.2 Å². The van der Waals surface area contributed by atoms with Gasteiger partial charge in [-0.05, 0) is 18.9 Å². The van der Waals surface area contributed by atoms with Crippen LogP contribution in [0.3, 0.4) is 0 Å². The Labute approximate surface area is 175 Å². The zero-order valence-electron chi connectivity index (χ0n) is 16.7. The van der Waals surface area contributed by atoms with Crippen LogP contribution in [0.5, 0.6) is 0 Å². The number of pyridine rings is 1. The van der Waals surface area contributed by atoms with Crippen LogP contribution in [0.2, 0.25) is 0 Å². The van der Waals surface area contributed by atoms with Crippen LogP contribution >= 0.6 is 0 Å². The van der Waals surface area contributed by atoms with E-state index in [1.807, 2.05) is 18.3 Å². The molecule has 0 bridgehead atoms. The lowest BCUT2D eigenvalue weighted by molar-refractivity contribution is -0.117. The highest BCUT2D eigenvalue weighted by Crippen LogP contribution is 2.32. The number of nitrogens with one attached hydrogen (secondary N) is 2. The van der Waals surface area contributed by atoms with Gasteiger partial charge in [0.2, 0.25) is 5.91 Å². The van der Waals surface area contributed by atoms with Crippen molar-refractivity contribution in [3.05, 3.63) is 18.3 Å². The third-order valence-electron chi connectivity index (χ3n) is 5.91. The predicted octanol–water partition coefficient (Wildman–Crippen LogP) is 0.610. The van der Waals surface area contributed by atoms with E-state index in [0.29, 0.717) is 63.9 Å². The van der Waals surface area contributed by atoms with Crippen molar-refractivity contribution in [3.63, 3.8) is 0 Å². The largest absolute Gasteiger partial charge is 0.379 e. The first-order valence-corrected chi connectivity index (χ1v) is 11.8. The molecule has 0 atom stereocenters. The quantitative estimate of drug-likeness (QED) is 0.713. The zero-order valence-corrected chi connectivity index (χ0v) is 17.5. The highest BCUT2D eigenvalue weighted by Gasteiger charge is 2.34. The van der Waals surface area contributed by atoms with E-state index >= 15 is 0 Å². The van der Waals surface area contributed by atoms with Crippen molar-refractivity contribution in [3.8, 4) is 0 Å². The molecule has 1 saturated carbocycles. The topological polar surface area (TPSA) is 111 Å². The molecule has 10 nitrogen and oxygen atoms in total. The van der Waals surface area contributed by atoms with Gasteiger partial charge in [-0.15, -0.1) is 0 Å². The summed E-state index contributed by atoms with van der Waals surface area (Å²) in [5.74, 6) is 0.643. The van der Waals surface area contributed by atoms with E-state index in [1.54, 1.807) is 4.31 Å². The molecule has 4 heterocycles. The molecule has 1 aliphatic carbocycles. The lowest BCUT2D eigenvalue weighted by Crippen LogP contribution is -2.55. The minimum absolute atomic E-state index is 0.0146. The van der Waals surface area contributed by atoms with E-state index in [9.17, 15) is 13.2 Å². The Hall–Kier alpha value is -2.21. The first-order valence-electron chi connectivity index (χ1n) is 10.4. The van der Waals surface area contributed by atoms with E-state index in [-0.39, 0.29) is 11.8 Å². The SMILES string of the molecule is O=C(Nc1cc(N2CCN(S(=O)(=O)N3CCOCC3)CC2)c2cc[nH]c2n1)C1CC1. The van der Waals surface area contributed by atoms with Gasteiger partial charge < -0.3 is 19.9 Å². The number of piperazine rings is 1. The van der Waals surface area contributed by atoms with Crippen LogP contribution in [-0.2, 0) is 19.7 Å². The molecule has 5 rings (SSSR count). The molecule has 2 aliphatic heterocycles. The summed E-state index contributed by atoms with van der Waals surface area (Å²) in [7, 11) is -3.46. The Morgan fingerprint density at radius 3 is 2.50 bits per heavy atom. The summed E-state index contributed by atoms with van der Waals surface area (Å²) in [6, 6.07) is 3.85. The number of carbonyl (C=O) groups is 1. The number of amides is 1. The minimum Gasteiger partial charge on any atom is -0.379 e. The minimum atomic E-state index is -3.46. The van der Waals surface area contributed by atoms with Crippen molar-refractivity contribution in [2.75, 3.05) is 62.7 Å². The summed E-state index contributed by atoms with van der Waals surface area (Å²) in [5.41, 5.74) is 1.66. The molecule has 2 aromatic rings. The normalized spacial score (nSPS) is 21.8. The molecule has 0 unspecified atom stereocenters. The van der Waals surface area contributed by atoms with Gasteiger partial charge in [0.15, 0.2) is 0 Å². The number of H-pyrrole nitrogens is 1. The molecule has 1 amide bonds. The Kier molecular flexibility index (Phi) is 5.13. The molecule has 3 aliphatic rings. The van der Waals surface area contributed by atoms with Crippen LogP contribution in [0.25, 0.3) is 11.0 Å². The summed E-state index contributed by atoms with van der Waals surface area (Å²) < 4.78 is 34.2. The summed E-state index contributed by atoms with van der Waals surface area (Å²) >= 11 is 0. The first kappa shape index (κ1) is 19.7. The van der Waals surface area contributed by atoms with Crippen LogP contribution in [0, 0.1) is 5.92 Å². The average Bonchev–Trinajstić information content (AvgIpc) is 3.52. The molecule has 2 aromatic heterocycles. The second kappa shape index (κ2) is 7.80. The fraction of sp³-hybridized carbons (Fsp3) is 0.579. The smallest absolute Gasteiger partial charge is 0.282 e. The Morgan fingerprint density at radius 1 is 1.10 bits per heavy atom. The van der Waals surface area contributed by atoms with E-state index in [4.69, 9.17) is 4.74 Å². The number of aromatic nitrogens is 2. The summed E-state index contributed by atoms with van der Waals surface area (Å²) in [6.07, 6.45) is 3.69. The lowest BCUT2D eigenvalue weighted by Gasteiger charge is -2.38. The Bertz CT molecular complexity index is 1040. The van der Waals surface area contributed by atoms with Crippen LogP contribution in [0.15, 0.2) is 18.3 Å². The van der Waals surface area contributed by atoms with Crippen molar-refractivity contribution in [2.45, 2.75) is 12.8 Å². The molecular formula is C19H26N6O4S. The molecule has 2 saturated heterocycles. The molecule has 0 spiro atoms. The van der Waals surface area contributed by atoms with Gasteiger partial charge in [0, 0.05) is 62.8 Å². The van der Waals surface area contributed by atoms with Gasteiger partial charge in [-0.1, -0.05) is 0 Å². The molecule has 0 radical (unpaired) electrons. The highest BCUT2D eigenvalue weighted by molar-refractivity contribution is 7.86. The summed E-state index contributed by atoms with van der Waals surface area (Å²) in [6.45, 7) is 3.67. The molecule has 162 valence electrons. The molecule has 3 fully saturated rings. The third-order valence-corrected chi connectivity index (χ3v) is 7.94.